The number of benzene rings is 2. The first kappa shape index (κ1) is 18.2. The Balaban J connectivity index is 1.78. The number of ether oxygens (including phenoxy) is 2. The summed E-state index contributed by atoms with van der Waals surface area (Å²) in [5.41, 5.74) is 4.33. The van der Waals surface area contributed by atoms with Crippen LogP contribution in [0, 0.1) is 0 Å². The summed E-state index contributed by atoms with van der Waals surface area (Å²) in [5.74, 6) is 0.897. The molecule has 1 aliphatic rings. The van der Waals surface area contributed by atoms with Gasteiger partial charge in [0.25, 0.3) is 5.91 Å². The number of carbonyl (C=O) groups is 1. The number of nitrogens with one attached hydrogen (secondary N) is 2. The second-order valence-electron chi connectivity index (χ2n) is 5.32. The van der Waals surface area contributed by atoms with Crippen LogP contribution in [0.2, 0.25) is 0 Å². The molecule has 2 aromatic rings. The van der Waals surface area contributed by atoms with Crippen molar-refractivity contribution in [3.05, 3.63) is 58.5 Å². The van der Waals surface area contributed by atoms with Crippen molar-refractivity contribution in [3.63, 3.8) is 0 Å². The molecule has 1 fully saturated rings. The van der Waals surface area contributed by atoms with Gasteiger partial charge in [0.1, 0.15) is 10.9 Å². The van der Waals surface area contributed by atoms with E-state index in [1.807, 2.05) is 24.3 Å². The molecule has 8 heteroatoms. The fraction of sp³-hybridized carbons (Fsp3) is 0.111. The van der Waals surface area contributed by atoms with E-state index in [4.69, 9.17) is 26.9 Å². The largest absolute Gasteiger partial charge is 0.493 e. The Kier molecular flexibility index (Phi) is 5.77. The second-order valence-corrected chi connectivity index (χ2v) is 7.04. The molecule has 0 aromatic heterocycles. The molecule has 0 atom stereocenters. The molecule has 3 rings (SSSR count). The zero-order chi connectivity index (χ0) is 18.5. The van der Waals surface area contributed by atoms with Crippen LogP contribution < -0.4 is 20.3 Å². The summed E-state index contributed by atoms with van der Waals surface area (Å²) in [7, 11) is 1.55. The first-order chi connectivity index (χ1) is 12.6. The summed E-state index contributed by atoms with van der Waals surface area (Å²) in [5, 5.41) is 11.7. The summed E-state index contributed by atoms with van der Waals surface area (Å²) < 4.78 is 11.7. The second kappa shape index (κ2) is 8.22. The fourth-order valence-corrected chi connectivity index (χ4v) is 3.42. The Labute approximate surface area is 160 Å². The molecule has 0 spiro atoms. The molecule has 134 valence electrons. The van der Waals surface area contributed by atoms with Crippen molar-refractivity contribution in [2.75, 3.05) is 12.6 Å². The number of carbonyl (C=O) groups excluding carboxylic acids is 1. The van der Waals surface area contributed by atoms with Crippen molar-refractivity contribution in [1.82, 2.24) is 5.32 Å². The van der Waals surface area contributed by atoms with E-state index in [2.05, 4.69) is 10.8 Å². The van der Waals surface area contributed by atoms with Crippen molar-refractivity contribution in [2.24, 2.45) is 0 Å². The molecule has 1 heterocycles. The maximum atomic E-state index is 11.8. The maximum Gasteiger partial charge on any atom is 0.263 e. The quantitative estimate of drug-likeness (QED) is 0.397. The van der Waals surface area contributed by atoms with E-state index in [1.54, 1.807) is 31.4 Å². The molecule has 1 aliphatic heterocycles. The van der Waals surface area contributed by atoms with E-state index in [1.165, 1.54) is 11.8 Å². The summed E-state index contributed by atoms with van der Waals surface area (Å²) in [6.07, 6.45) is 1.75. The normalized spacial score (nSPS) is 15.1. The lowest BCUT2D eigenvalue weighted by atomic mass is 10.1. The number of hydrogen-bond acceptors (Lipinski definition) is 7. The van der Waals surface area contributed by atoms with Crippen LogP contribution in [-0.2, 0) is 11.4 Å². The number of thioether (sulfide) groups is 1. The highest BCUT2D eigenvalue weighted by Crippen LogP contribution is 2.32. The average Bonchev–Trinajstić information content (AvgIpc) is 2.97. The standard InChI is InChI=1S/C18H16N2O4S2/c1-23-15-8-11(9-16-17(21)19-18(25)26-16)6-7-14(15)24-10-12-4-2-3-5-13(12)20-22/h2-9,20,22H,10H2,1H3,(H,19,21,25)/b16-9-. The van der Waals surface area contributed by atoms with Gasteiger partial charge in [-0.1, -0.05) is 48.2 Å². The summed E-state index contributed by atoms with van der Waals surface area (Å²) in [4.78, 5) is 12.3. The number of methoxy groups -OCH3 is 1. The van der Waals surface area contributed by atoms with Crippen LogP contribution in [0.5, 0.6) is 11.5 Å². The Morgan fingerprint density at radius 1 is 1.27 bits per heavy atom. The molecule has 6 nitrogen and oxygen atoms in total. The molecule has 2 aromatic carbocycles. The van der Waals surface area contributed by atoms with Gasteiger partial charge in [-0.05, 0) is 29.8 Å². The van der Waals surface area contributed by atoms with Gasteiger partial charge in [0, 0.05) is 5.56 Å². The van der Waals surface area contributed by atoms with Gasteiger partial charge in [-0.2, -0.15) is 0 Å². The molecule has 26 heavy (non-hydrogen) atoms. The average molecular weight is 388 g/mol. The van der Waals surface area contributed by atoms with Gasteiger partial charge in [-0.25, -0.2) is 0 Å². The minimum Gasteiger partial charge on any atom is -0.493 e. The van der Waals surface area contributed by atoms with E-state index < -0.39 is 0 Å². The van der Waals surface area contributed by atoms with Gasteiger partial charge in [0.2, 0.25) is 0 Å². The highest BCUT2D eigenvalue weighted by atomic mass is 32.2. The van der Waals surface area contributed by atoms with Crippen LogP contribution in [0.25, 0.3) is 6.08 Å². The number of thiocarbonyl (C=S) groups is 1. The number of anilines is 1. The Hall–Kier alpha value is -2.55. The molecule has 0 aliphatic carbocycles. The lowest BCUT2D eigenvalue weighted by molar-refractivity contribution is -0.115. The summed E-state index contributed by atoms with van der Waals surface area (Å²) in [6.45, 7) is 0.257. The third-order valence-corrected chi connectivity index (χ3v) is 4.81. The highest BCUT2D eigenvalue weighted by Gasteiger charge is 2.22. The molecule has 1 saturated heterocycles. The predicted molar refractivity (Wildman–Crippen MR) is 105 cm³/mol. The lowest BCUT2D eigenvalue weighted by Gasteiger charge is -2.13. The number of rotatable bonds is 6. The molecule has 0 unspecified atom stereocenters. The fourth-order valence-electron chi connectivity index (χ4n) is 2.38. The first-order valence-corrected chi connectivity index (χ1v) is 8.87. The van der Waals surface area contributed by atoms with Crippen molar-refractivity contribution < 1.29 is 19.5 Å². The van der Waals surface area contributed by atoms with Crippen molar-refractivity contribution in [3.8, 4) is 11.5 Å². The van der Waals surface area contributed by atoms with Crippen LogP contribution in [0.3, 0.4) is 0 Å². The lowest BCUT2D eigenvalue weighted by Crippen LogP contribution is -2.17. The summed E-state index contributed by atoms with van der Waals surface area (Å²) in [6, 6.07) is 12.7. The van der Waals surface area contributed by atoms with Gasteiger partial charge in [0.05, 0.1) is 17.7 Å². The van der Waals surface area contributed by atoms with Gasteiger partial charge in [0.15, 0.2) is 11.5 Å². The maximum absolute atomic E-state index is 11.8. The molecular weight excluding hydrogens is 372 g/mol. The smallest absolute Gasteiger partial charge is 0.263 e. The number of para-hydroxylation sites is 1. The topological polar surface area (TPSA) is 79.8 Å². The third-order valence-electron chi connectivity index (χ3n) is 3.65. The van der Waals surface area contributed by atoms with Crippen LogP contribution in [0.1, 0.15) is 11.1 Å². The van der Waals surface area contributed by atoms with Crippen molar-refractivity contribution >= 4 is 46.0 Å². The monoisotopic (exact) mass is 388 g/mol. The van der Waals surface area contributed by atoms with Crippen molar-refractivity contribution in [2.45, 2.75) is 6.61 Å². The molecule has 0 bridgehead atoms. The first-order valence-electron chi connectivity index (χ1n) is 7.64. The minimum absolute atomic E-state index is 0.201. The van der Waals surface area contributed by atoms with Crippen molar-refractivity contribution in [1.29, 1.82) is 0 Å². The van der Waals surface area contributed by atoms with Gasteiger partial charge in [-0.15, -0.1) is 0 Å². The van der Waals surface area contributed by atoms with Gasteiger partial charge in [-0.3, -0.25) is 15.5 Å². The Morgan fingerprint density at radius 3 is 2.77 bits per heavy atom. The van der Waals surface area contributed by atoms with E-state index in [0.717, 1.165) is 11.1 Å². The minimum atomic E-state index is -0.201. The summed E-state index contributed by atoms with van der Waals surface area (Å²) >= 11 is 6.21. The van der Waals surface area contributed by atoms with Crippen LogP contribution in [0.15, 0.2) is 47.4 Å². The molecule has 1 amide bonds. The zero-order valence-corrected chi connectivity index (χ0v) is 15.4. The van der Waals surface area contributed by atoms with Gasteiger partial charge >= 0.3 is 0 Å². The van der Waals surface area contributed by atoms with Gasteiger partial charge < -0.3 is 14.8 Å². The SMILES string of the molecule is COc1cc(/C=C2\SC(=S)NC2=O)ccc1OCc1ccccc1NO. The zero-order valence-electron chi connectivity index (χ0n) is 13.8. The molecule has 0 saturated carbocycles. The van der Waals surface area contributed by atoms with Crippen LogP contribution in [0.4, 0.5) is 5.69 Å². The van der Waals surface area contributed by atoms with Crippen LogP contribution >= 0.6 is 24.0 Å². The molecular formula is C18H16N2O4S2. The Bertz CT molecular complexity index is 883. The molecule has 0 radical (unpaired) electrons. The highest BCUT2D eigenvalue weighted by molar-refractivity contribution is 8.26. The van der Waals surface area contributed by atoms with Crippen LogP contribution in [-0.4, -0.2) is 22.5 Å². The van der Waals surface area contributed by atoms with E-state index in [0.29, 0.717) is 26.4 Å². The van der Waals surface area contributed by atoms with E-state index >= 15 is 0 Å². The molecule has 3 N–H and O–H groups in total. The number of amides is 1. The van der Waals surface area contributed by atoms with E-state index in [-0.39, 0.29) is 12.5 Å². The predicted octanol–water partition coefficient (Wildman–Crippen LogP) is 3.56. The third kappa shape index (κ3) is 4.16. The van der Waals surface area contributed by atoms with E-state index in [9.17, 15) is 4.79 Å². The number of hydrogen-bond donors (Lipinski definition) is 3. The Morgan fingerprint density at radius 2 is 2.08 bits per heavy atom.